The summed E-state index contributed by atoms with van der Waals surface area (Å²) in [7, 11) is 0. The Labute approximate surface area is 169 Å². The van der Waals surface area contributed by atoms with Crippen LogP contribution in [0, 0.1) is 13.8 Å². The molecule has 0 saturated carbocycles. The van der Waals surface area contributed by atoms with E-state index in [2.05, 4.69) is 18.6 Å². The van der Waals surface area contributed by atoms with Crippen molar-refractivity contribution in [2.24, 2.45) is 0 Å². The molecule has 1 fully saturated rings. The van der Waals surface area contributed by atoms with Crippen molar-refractivity contribution in [3.8, 4) is 5.75 Å². The molecule has 1 unspecified atom stereocenters. The molecule has 2 heterocycles. The number of nitrogens with zero attached hydrogens (tertiary/aromatic N) is 1. The molecule has 2 aliphatic rings. The Kier molecular flexibility index (Phi) is 5.54. The molecule has 154 valence electrons. The predicted octanol–water partition coefficient (Wildman–Crippen LogP) is 4.63. The molecule has 29 heavy (non-hydrogen) atoms. The van der Waals surface area contributed by atoms with Crippen LogP contribution in [0.25, 0.3) is 0 Å². The third-order valence-corrected chi connectivity index (χ3v) is 6.08. The summed E-state index contributed by atoms with van der Waals surface area (Å²) in [6, 6.07) is 8.82. The lowest BCUT2D eigenvalue weighted by Gasteiger charge is -2.30. The van der Waals surface area contributed by atoms with Crippen molar-refractivity contribution in [3.63, 3.8) is 0 Å². The van der Waals surface area contributed by atoms with E-state index in [9.17, 15) is 13.6 Å². The molecule has 6 heteroatoms. The first-order valence-electron chi connectivity index (χ1n) is 9.98. The number of amides is 1. The fourth-order valence-corrected chi connectivity index (χ4v) is 4.29. The van der Waals surface area contributed by atoms with Crippen molar-refractivity contribution < 1.29 is 23.0 Å². The predicted molar refractivity (Wildman–Crippen MR) is 106 cm³/mol. The van der Waals surface area contributed by atoms with Gasteiger partial charge in [-0.1, -0.05) is 12.1 Å². The van der Waals surface area contributed by atoms with Crippen LogP contribution in [-0.4, -0.2) is 36.7 Å². The fraction of sp³-hybridized carbons (Fsp3) is 0.435. The van der Waals surface area contributed by atoms with E-state index in [1.165, 1.54) is 5.56 Å². The van der Waals surface area contributed by atoms with E-state index in [0.29, 0.717) is 19.6 Å². The summed E-state index contributed by atoms with van der Waals surface area (Å²) in [5.41, 5.74) is 6.29. The first-order valence-corrected chi connectivity index (χ1v) is 9.98. The third kappa shape index (κ3) is 3.99. The van der Waals surface area contributed by atoms with Crippen molar-refractivity contribution >= 4 is 5.91 Å². The van der Waals surface area contributed by atoms with E-state index in [1.54, 1.807) is 24.3 Å². The number of fused-ring (bicyclic) bond motifs is 1. The summed E-state index contributed by atoms with van der Waals surface area (Å²) < 4.78 is 34.7. The smallest absolute Gasteiger partial charge is 0.387 e. The molecule has 1 atom stereocenters. The Morgan fingerprint density at radius 3 is 2.62 bits per heavy atom. The van der Waals surface area contributed by atoms with Crippen molar-refractivity contribution in [2.75, 3.05) is 13.2 Å². The van der Waals surface area contributed by atoms with Crippen LogP contribution in [0.1, 0.15) is 51.0 Å². The Morgan fingerprint density at radius 1 is 1.21 bits per heavy atom. The number of carbonyl (C=O) groups excluding carboxylic acids is 1. The van der Waals surface area contributed by atoms with Gasteiger partial charge in [-0.25, -0.2) is 0 Å². The van der Waals surface area contributed by atoms with Gasteiger partial charge in [0.15, 0.2) is 0 Å². The molecule has 1 saturated heterocycles. The van der Waals surface area contributed by atoms with Gasteiger partial charge in [0.05, 0.1) is 12.6 Å². The van der Waals surface area contributed by atoms with Crippen LogP contribution in [0.4, 0.5) is 8.78 Å². The summed E-state index contributed by atoms with van der Waals surface area (Å²) in [4.78, 5) is 15.0. The highest BCUT2D eigenvalue weighted by Gasteiger charge is 2.35. The molecule has 0 aliphatic carbocycles. The van der Waals surface area contributed by atoms with Crippen molar-refractivity contribution in [2.45, 2.75) is 52.3 Å². The van der Waals surface area contributed by atoms with Crippen LogP contribution < -0.4 is 4.74 Å². The van der Waals surface area contributed by atoms with Crippen molar-refractivity contribution in [1.29, 1.82) is 0 Å². The molecule has 0 radical (unpaired) electrons. The summed E-state index contributed by atoms with van der Waals surface area (Å²) in [6.45, 7) is 3.36. The van der Waals surface area contributed by atoms with E-state index < -0.39 is 6.61 Å². The zero-order valence-electron chi connectivity index (χ0n) is 16.7. The van der Waals surface area contributed by atoms with Gasteiger partial charge < -0.3 is 14.4 Å². The highest BCUT2D eigenvalue weighted by molar-refractivity contribution is 5.99. The Bertz CT molecular complexity index is 905. The number of hydrogen-bond acceptors (Lipinski definition) is 3. The fourth-order valence-electron chi connectivity index (χ4n) is 4.29. The number of carbonyl (C=O) groups is 1. The second kappa shape index (κ2) is 8.11. The minimum Gasteiger partial charge on any atom is -0.435 e. The third-order valence-electron chi connectivity index (χ3n) is 6.08. The van der Waals surface area contributed by atoms with Crippen LogP contribution in [0.5, 0.6) is 5.75 Å². The summed E-state index contributed by atoms with van der Waals surface area (Å²) in [6.07, 6.45) is 2.60. The van der Waals surface area contributed by atoms with Gasteiger partial charge in [0, 0.05) is 18.7 Å². The molecule has 2 aromatic carbocycles. The SMILES string of the molecule is Cc1c(Cc2ccc(OC(F)F)cc2)cc2c(c1C)CN(C1CCCOC1)C2=O. The number of hydrogen-bond donors (Lipinski definition) is 0. The van der Waals surface area contributed by atoms with Gasteiger partial charge in [0.25, 0.3) is 5.91 Å². The lowest BCUT2D eigenvalue weighted by Crippen LogP contribution is -2.41. The van der Waals surface area contributed by atoms with Gasteiger partial charge >= 0.3 is 6.61 Å². The Hall–Kier alpha value is -2.47. The molecular formula is C23H25F2NO3. The number of ether oxygens (including phenoxy) is 2. The molecule has 4 nitrogen and oxygen atoms in total. The topological polar surface area (TPSA) is 38.8 Å². The quantitative estimate of drug-likeness (QED) is 0.733. The standard InChI is InChI=1S/C23H25F2NO3/c1-14-15(2)21-12-26(18-4-3-9-28-13-18)22(27)20(21)11-17(14)10-16-5-7-19(8-6-16)29-23(24)25/h5-8,11,18,23H,3-4,9-10,12-13H2,1-2H3. The van der Waals surface area contributed by atoms with Gasteiger partial charge in [-0.15, -0.1) is 0 Å². The maximum absolute atomic E-state index is 13.1. The van der Waals surface area contributed by atoms with Crippen LogP contribution in [-0.2, 0) is 17.7 Å². The highest BCUT2D eigenvalue weighted by atomic mass is 19.3. The number of halogens is 2. The summed E-state index contributed by atoms with van der Waals surface area (Å²) >= 11 is 0. The summed E-state index contributed by atoms with van der Waals surface area (Å²) in [5, 5.41) is 0. The van der Waals surface area contributed by atoms with Gasteiger partial charge in [-0.2, -0.15) is 8.78 Å². The van der Waals surface area contributed by atoms with E-state index >= 15 is 0 Å². The van der Waals surface area contributed by atoms with Crippen LogP contribution in [0.2, 0.25) is 0 Å². The maximum Gasteiger partial charge on any atom is 0.387 e. The average molecular weight is 401 g/mol. The second-order valence-electron chi connectivity index (χ2n) is 7.82. The minimum absolute atomic E-state index is 0.0838. The molecule has 0 N–H and O–H groups in total. The monoisotopic (exact) mass is 401 g/mol. The van der Waals surface area contributed by atoms with Gasteiger partial charge in [-0.3, -0.25) is 4.79 Å². The molecular weight excluding hydrogens is 376 g/mol. The van der Waals surface area contributed by atoms with E-state index in [4.69, 9.17) is 4.74 Å². The molecule has 4 rings (SSSR count). The minimum atomic E-state index is -2.83. The van der Waals surface area contributed by atoms with Crippen LogP contribution in [0.3, 0.4) is 0 Å². The first-order chi connectivity index (χ1) is 13.9. The zero-order valence-corrected chi connectivity index (χ0v) is 16.7. The van der Waals surface area contributed by atoms with Crippen LogP contribution in [0.15, 0.2) is 30.3 Å². The average Bonchev–Trinajstić information content (AvgIpc) is 3.04. The van der Waals surface area contributed by atoms with E-state index in [0.717, 1.165) is 47.3 Å². The maximum atomic E-state index is 13.1. The van der Waals surface area contributed by atoms with Gasteiger partial charge in [0.2, 0.25) is 0 Å². The number of alkyl halides is 2. The molecule has 2 aliphatic heterocycles. The lowest BCUT2D eigenvalue weighted by atomic mass is 9.91. The Morgan fingerprint density at radius 2 is 1.97 bits per heavy atom. The largest absolute Gasteiger partial charge is 0.435 e. The lowest BCUT2D eigenvalue weighted by molar-refractivity contribution is -0.0498. The number of benzene rings is 2. The molecule has 0 bridgehead atoms. The molecule has 2 aromatic rings. The zero-order chi connectivity index (χ0) is 20.5. The van der Waals surface area contributed by atoms with Crippen molar-refractivity contribution in [1.82, 2.24) is 4.90 Å². The molecule has 1 amide bonds. The summed E-state index contributed by atoms with van der Waals surface area (Å²) in [5.74, 6) is 0.228. The molecule has 0 aromatic heterocycles. The van der Waals surface area contributed by atoms with Gasteiger partial charge in [0.1, 0.15) is 5.75 Å². The normalized spacial score (nSPS) is 19.0. The van der Waals surface area contributed by atoms with E-state index in [-0.39, 0.29) is 17.7 Å². The second-order valence-corrected chi connectivity index (χ2v) is 7.82. The van der Waals surface area contributed by atoms with Crippen molar-refractivity contribution in [3.05, 3.63) is 63.7 Å². The number of rotatable bonds is 5. The first kappa shape index (κ1) is 19.8. The van der Waals surface area contributed by atoms with E-state index in [1.807, 2.05) is 11.0 Å². The van der Waals surface area contributed by atoms with Gasteiger partial charge in [-0.05, 0) is 79.1 Å². The molecule has 0 spiro atoms. The highest BCUT2D eigenvalue weighted by Crippen LogP contribution is 2.33. The van der Waals surface area contributed by atoms with Crippen LogP contribution >= 0.6 is 0 Å². The Balaban J connectivity index is 1.57.